The van der Waals surface area contributed by atoms with Crippen molar-refractivity contribution in [2.45, 2.75) is 321 Å². The van der Waals surface area contributed by atoms with E-state index >= 15 is 0 Å². The molecule has 0 saturated carbocycles. The van der Waals surface area contributed by atoms with E-state index < -0.39 is 0 Å². The summed E-state index contributed by atoms with van der Waals surface area (Å²) in [6, 6.07) is 63.4. The zero-order chi connectivity index (χ0) is 96.1. The van der Waals surface area contributed by atoms with Crippen LogP contribution in [0.25, 0.3) is 179 Å². The van der Waals surface area contributed by atoms with Crippen LogP contribution >= 0.6 is 0 Å². The molecule has 0 unspecified atom stereocenters. The van der Waals surface area contributed by atoms with Crippen LogP contribution in [0.3, 0.4) is 0 Å². The van der Waals surface area contributed by atoms with Crippen molar-refractivity contribution in [1.29, 1.82) is 0 Å². The first-order chi connectivity index (χ1) is 61.4. The van der Waals surface area contributed by atoms with Crippen LogP contribution < -0.4 is 0 Å². The van der Waals surface area contributed by atoms with Crippen LogP contribution in [-0.4, -0.2) is 39.9 Å². The van der Waals surface area contributed by atoms with Gasteiger partial charge in [-0.2, -0.15) is 0 Å². The molecule has 0 atom stereocenters. The van der Waals surface area contributed by atoms with Crippen LogP contribution in [-0.2, 0) is 71.4 Å². The fraction of sp³-hybridized carbons (Fsp3) is 0.392. The highest BCUT2D eigenvalue weighted by atomic mass is 14.8. The fourth-order valence-electron chi connectivity index (χ4n) is 19.9. The molecule has 15 aromatic rings. The van der Waals surface area contributed by atoms with Crippen molar-refractivity contribution >= 4 is 112 Å². The van der Waals surface area contributed by atoms with Crippen LogP contribution in [0, 0.1) is 0 Å². The first kappa shape index (κ1) is 92.0. The minimum absolute atomic E-state index is 0.180. The van der Waals surface area contributed by atoms with E-state index in [1.54, 1.807) is 0 Å². The lowest BCUT2D eigenvalue weighted by atomic mass is 9.78. The molecule has 4 N–H and O–H groups in total. The van der Waals surface area contributed by atoms with Gasteiger partial charge in [0.15, 0.2) is 0 Å². The molecule has 0 fully saturated rings. The first-order valence-corrected chi connectivity index (χ1v) is 48.8. The Balaban J connectivity index is 1.15. The average molecular weight is 1760 g/mol. The highest BCUT2D eigenvalue weighted by Gasteiger charge is 2.35. The SMILES string of the molecule is CC(C)(C)c1cc(-c2c3nc(c(-c4cc(C(C)(C)C)cc(C(C)(C)C)c4)c4cc5c([nH]4)c4c6nc(cc6c6cc7nc6c4c4[nH]c(cc4C5)c(-c4cc(C(C)(C)C)cc(C(C)(C)C)c4)c4nc(c(-c5cc(C(C)(C)C)cc(C(C)(C)C)c5)c5ccc([nH]5)c7-c5cc(C(C)(C)C)cc(C(C)(C)C)c5)C=C4)c(-c4cc(C(C)(C)C)cc(C(C)(C)C)c4)c4ccc2[nH]4)C=C3)cc(C(C)(C)C)c1. The maximum absolute atomic E-state index is 6.51. The third kappa shape index (κ3) is 16.9. The molecule has 8 nitrogen and oxygen atoms in total. The number of hydrogen-bond donors (Lipinski definition) is 4. The molecule has 133 heavy (non-hydrogen) atoms. The molecule has 1 aliphatic carbocycles. The highest BCUT2D eigenvalue weighted by molar-refractivity contribution is 6.34. The number of fused-ring (bicyclic) bond motifs is 13. The van der Waals surface area contributed by atoms with Crippen molar-refractivity contribution in [3.63, 3.8) is 0 Å². The lowest BCUT2D eigenvalue weighted by molar-refractivity contribution is 0.568. The molecule has 0 spiro atoms. The number of aromatic nitrogens is 8. The van der Waals surface area contributed by atoms with E-state index in [0.717, 1.165) is 188 Å². The first-order valence-electron chi connectivity index (χ1n) is 48.8. The second-order valence-electron chi connectivity index (χ2n) is 51.9. The van der Waals surface area contributed by atoms with Gasteiger partial charge in [-0.3, -0.25) is 0 Å². The van der Waals surface area contributed by atoms with Crippen molar-refractivity contribution in [2.24, 2.45) is 0 Å². The Kier molecular flexibility index (Phi) is 21.1. The van der Waals surface area contributed by atoms with Gasteiger partial charge >= 0.3 is 0 Å². The van der Waals surface area contributed by atoms with Gasteiger partial charge in [0, 0.05) is 94.4 Å². The molecule has 0 saturated heterocycles. The summed E-state index contributed by atoms with van der Waals surface area (Å²) < 4.78 is 0. The lowest BCUT2D eigenvalue weighted by Crippen LogP contribution is -2.16. The predicted molar refractivity (Wildman–Crippen MR) is 577 cm³/mol. The van der Waals surface area contributed by atoms with Gasteiger partial charge in [0.05, 0.1) is 55.9 Å². The standard InChI is InChI=1S/C125H144N8/c1-114(2,3)76-46-68(47-77(60-76)115(4,5)6)102-90-37-41-94(126-90)104(70-50-80(118(13,14)15)62-81(51-70)119(16,17)18)98-58-74-45-75-59-99-105(71-52-82(120(19,20)21)63-83(53-71)121(22,23)24)95-42-38-91(127-95)103(69-48-78(116(7,8)9)61-79(49-69)117(10,11)12)93-40-44-97(129-93)107(73-56-86(124(31,32)33)65-87(57-73)125(34,35)36)101-67-89-88-66-100(132-112(88)108(110(74)130-98)109(111(75)131-99)113(89)133-101)106(96-43-39-92(102)128-96)72-54-84(122(25,26)27)64-85(55-72)123(28,29)30/h37-44,46-67,128-131H,45H2,1-36H3. The van der Waals surface area contributed by atoms with Gasteiger partial charge in [-0.25, -0.2) is 19.9 Å². The number of rotatable bonds is 6. The maximum Gasteiger partial charge on any atom is 0.0818 e. The van der Waals surface area contributed by atoms with Crippen molar-refractivity contribution in [1.82, 2.24) is 39.9 Å². The molecule has 10 heterocycles. The molecule has 18 rings (SSSR count). The second kappa shape index (κ2) is 30.5. The Hall–Kier alpha value is -11.5. The second-order valence-corrected chi connectivity index (χ2v) is 51.9. The molecule has 0 radical (unpaired) electrons. The quantitative estimate of drug-likeness (QED) is 0.133. The van der Waals surface area contributed by atoms with Gasteiger partial charge in [0.25, 0.3) is 0 Å². The fourth-order valence-corrected chi connectivity index (χ4v) is 19.9. The molecule has 8 aromatic heterocycles. The van der Waals surface area contributed by atoms with Crippen LogP contribution in [0.15, 0.2) is 158 Å². The van der Waals surface area contributed by atoms with Crippen molar-refractivity contribution in [3.8, 4) is 66.8 Å². The Morgan fingerprint density at radius 3 is 0.586 bits per heavy atom. The number of H-pyrrole nitrogens is 4. The zero-order valence-electron chi connectivity index (χ0n) is 86.8. The summed E-state index contributed by atoms with van der Waals surface area (Å²) in [6.07, 6.45) is 9.75. The van der Waals surface area contributed by atoms with E-state index in [9.17, 15) is 0 Å². The summed E-state index contributed by atoms with van der Waals surface area (Å²) in [4.78, 5) is 43.0. The largest absolute Gasteiger partial charge is 0.354 e. The highest BCUT2D eigenvalue weighted by Crippen LogP contribution is 2.52. The van der Waals surface area contributed by atoms with E-state index in [-0.39, 0.29) is 65.0 Å². The Morgan fingerprint density at radius 2 is 0.383 bits per heavy atom. The third-order valence-electron chi connectivity index (χ3n) is 28.8. The molecular weight excluding hydrogens is 1610 g/mol. The Morgan fingerprint density at radius 1 is 0.195 bits per heavy atom. The Labute approximate surface area is 792 Å². The van der Waals surface area contributed by atoms with Gasteiger partial charge in [0.1, 0.15) is 0 Å². The van der Waals surface area contributed by atoms with Gasteiger partial charge < -0.3 is 19.9 Å². The van der Waals surface area contributed by atoms with Gasteiger partial charge in [-0.05, 0) is 249 Å². The minimum atomic E-state index is -0.222. The van der Waals surface area contributed by atoms with Crippen LogP contribution in [0.4, 0.5) is 0 Å². The van der Waals surface area contributed by atoms with Crippen molar-refractivity contribution < 1.29 is 0 Å². The summed E-state index contributed by atoms with van der Waals surface area (Å²) in [6.45, 7) is 84.6. The van der Waals surface area contributed by atoms with Crippen LogP contribution in [0.1, 0.15) is 350 Å². The number of benzene rings is 7. The molecule has 8 heteroatoms. The number of nitrogens with one attached hydrogen (secondary N) is 4. The summed E-state index contributed by atoms with van der Waals surface area (Å²) in [5.41, 5.74) is 42.4. The van der Waals surface area contributed by atoms with Crippen LogP contribution in [0.2, 0.25) is 0 Å². The van der Waals surface area contributed by atoms with E-state index in [1.165, 1.54) is 66.8 Å². The molecule has 3 aliphatic rings. The molecule has 7 aromatic carbocycles. The average Bonchev–Trinajstić information content (AvgIpc) is 1.54. The van der Waals surface area contributed by atoms with E-state index in [0.29, 0.717) is 6.42 Å². The van der Waals surface area contributed by atoms with Gasteiger partial charge in [-0.1, -0.05) is 358 Å². The van der Waals surface area contributed by atoms with Gasteiger partial charge in [-0.15, -0.1) is 0 Å². The van der Waals surface area contributed by atoms with Crippen molar-refractivity contribution in [3.05, 3.63) is 258 Å². The summed E-state index contributed by atoms with van der Waals surface area (Å²) in [5.74, 6) is 0. The zero-order valence-corrected chi connectivity index (χ0v) is 86.8. The third-order valence-corrected chi connectivity index (χ3v) is 28.8. The Bertz CT molecular complexity index is 7070. The molecule has 684 valence electrons. The van der Waals surface area contributed by atoms with Crippen LogP contribution in [0.5, 0.6) is 0 Å². The molecule has 0 amide bonds. The smallest absolute Gasteiger partial charge is 0.0818 e. The van der Waals surface area contributed by atoms with E-state index in [4.69, 9.17) is 19.9 Å². The normalized spacial score (nSPS) is 14.1. The summed E-state index contributed by atoms with van der Waals surface area (Å²) >= 11 is 0. The number of nitrogens with zero attached hydrogens (tertiary/aromatic N) is 4. The van der Waals surface area contributed by atoms with Crippen molar-refractivity contribution in [2.75, 3.05) is 0 Å². The van der Waals surface area contributed by atoms with Gasteiger partial charge in [0.2, 0.25) is 0 Å². The molecule has 16 bridgehead atoms. The minimum Gasteiger partial charge on any atom is -0.354 e. The van der Waals surface area contributed by atoms with E-state index in [2.05, 4.69) is 451 Å². The molecule has 2 aliphatic heterocycles. The topological polar surface area (TPSA) is 115 Å². The maximum atomic E-state index is 6.51. The molecular formula is C125H144N8. The summed E-state index contributed by atoms with van der Waals surface area (Å²) in [5, 5.41) is 4.00. The predicted octanol–water partition coefficient (Wildman–Crippen LogP) is 35.1. The van der Waals surface area contributed by atoms with E-state index in [1.807, 2.05) is 0 Å². The number of aromatic amines is 4. The summed E-state index contributed by atoms with van der Waals surface area (Å²) in [7, 11) is 0. The monoisotopic (exact) mass is 1760 g/mol. The number of hydrogen-bond acceptors (Lipinski definition) is 4. The lowest BCUT2D eigenvalue weighted by Gasteiger charge is -2.26.